The molecule has 0 saturated heterocycles. The first-order valence-corrected chi connectivity index (χ1v) is 0.612. The summed E-state index contributed by atoms with van der Waals surface area (Å²) < 4.78 is 0. The standard InChI is InChI=1S/CH2O3.2Al.4Mg.12H2O/c2-1(3)4;;;;;;;;;;;;;;;;;;/h(H2,2,3,4);;;;;;;12*1H2/q;2*+3;4*+2;;;;;;;;;;;;/p-14. The predicted octanol–water partition coefficient (Wildman–Crippen LogP) is -6.85. The Hall–Kier alpha value is 2.92. The molecule has 0 bridgehead atoms. The minimum atomic E-state index is -2.33. The molecule has 0 unspecified atom stereocenters. The molecule has 12 N–H and O–H groups in total. The van der Waals surface area contributed by atoms with Crippen molar-refractivity contribution in [1.29, 1.82) is 0 Å². The summed E-state index contributed by atoms with van der Waals surface area (Å²) in [7, 11) is 0. The van der Waals surface area contributed by atoms with Crippen molar-refractivity contribution in [3.63, 3.8) is 0 Å². The summed E-state index contributed by atoms with van der Waals surface area (Å²) in [5.41, 5.74) is 0. The van der Waals surface area contributed by atoms with Crippen molar-refractivity contribution in [2.75, 3.05) is 0 Å². The molecule has 120 valence electrons. The molecular formula is CH12Al2Mg4O15. The Morgan fingerprint density at radius 3 is 0.409 bits per heavy atom. The first kappa shape index (κ1) is 407. The second kappa shape index (κ2) is 359. The molecule has 0 aromatic rings. The smallest absolute Gasteiger partial charge is 0.870 e. The number of hydrogen-bond donors (Lipinski definition) is 0. The topological polar surface area (TPSA) is 423 Å². The molecule has 0 saturated carbocycles. The average Bonchev–Trinajstić information content (AvgIpc) is 0.811. The zero-order valence-electron chi connectivity index (χ0n) is 11.1. The Labute approximate surface area is 211 Å². The fourth-order valence-electron chi connectivity index (χ4n) is 0. The minimum absolute atomic E-state index is 0. The molecule has 0 aliphatic carbocycles. The van der Waals surface area contributed by atoms with E-state index in [9.17, 15) is 0 Å². The molecule has 21 heteroatoms. The van der Waals surface area contributed by atoms with E-state index < -0.39 is 6.16 Å². The molecule has 0 aliphatic heterocycles. The Morgan fingerprint density at radius 1 is 0.409 bits per heavy atom. The van der Waals surface area contributed by atoms with Crippen LogP contribution < -0.4 is 10.2 Å². The third kappa shape index (κ3) is 1290. The van der Waals surface area contributed by atoms with Gasteiger partial charge in [0, 0.05) is 0 Å². The van der Waals surface area contributed by atoms with Gasteiger partial charge in [-0.25, -0.2) is 0 Å². The molecule has 22 heavy (non-hydrogen) atoms. The van der Waals surface area contributed by atoms with Crippen LogP contribution in [0.3, 0.4) is 0 Å². The Balaban J connectivity index is -0.000000000294. The van der Waals surface area contributed by atoms with Crippen LogP contribution in [0, 0.1) is 0 Å². The number of carbonyl (C=O) groups is 1. The van der Waals surface area contributed by atoms with Crippen LogP contribution in [0.5, 0.6) is 0 Å². The third-order valence-corrected chi connectivity index (χ3v) is 0. The average molecular weight is 415 g/mol. The van der Waals surface area contributed by atoms with Crippen LogP contribution in [0.1, 0.15) is 0 Å². The molecule has 0 heterocycles. The predicted molar refractivity (Wildman–Crippen MR) is 63.1 cm³/mol. The summed E-state index contributed by atoms with van der Waals surface area (Å²) in [5, 5.41) is 16.7. The van der Waals surface area contributed by atoms with Crippen LogP contribution in [0.4, 0.5) is 4.79 Å². The first-order valence-electron chi connectivity index (χ1n) is 0.612. The van der Waals surface area contributed by atoms with Gasteiger partial charge >= 0.3 is 127 Å². The summed E-state index contributed by atoms with van der Waals surface area (Å²) in [5.74, 6) is 0. The first-order chi connectivity index (χ1) is 1.73. The van der Waals surface area contributed by atoms with Crippen LogP contribution in [0.25, 0.3) is 0 Å². The van der Waals surface area contributed by atoms with E-state index in [1.165, 1.54) is 0 Å². The summed E-state index contributed by atoms with van der Waals surface area (Å²) in [6, 6.07) is 0. The van der Waals surface area contributed by atoms with Gasteiger partial charge in [-0.3, -0.25) is 0 Å². The Morgan fingerprint density at radius 2 is 0.409 bits per heavy atom. The molecular weight excluding hydrogens is 403 g/mol. The molecule has 0 rings (SSSR count). The maximum atomic E-state index is 8.33. The van der Waals surface area contributed by atoms with Gasteiger partial charge in [0.1, 0.15) is 0 Å². The minimum Gasteiger partial charge on any atom is -0.870 e. The monoisotopic (exact) mass is 414 g/mol. The molecule has 0 spiro atoms. The summed E-state index contributed by atoms with van der Waals surface area (Å²) in [4.78, 5) is 8.33. The van der Waals surface area contributed by atoms with E-state index in [0.29, 0.717) is 0 Å². The van der Waals surface area contributed by atoms with Crippen molar-refractivity contribution >= 4 is 133 Å². The number of rotatable bonds is 0. The van der Waals surface area contributed by atoms with Gasteiger partial charge in [-0.15, -0.1) is 0 Å². The molecule has 0 radical (unpaired) electrons. The van der Waals surface area contributed by atoms with Gasteiger partial charge in [0.15, 0.2) is 0 Å². The van der Waals surface area contributed by atoms with Gasteiger partial charge in [0.2, 0.25) is 0 Å². The maximum Gasteiger partial charge on any atom is 3.00 e. The molecule has 0 aliphatic rings. The maximum absolute atomic E-state index is 8.33. The quantitative estimate of drug-likeness (QED) is 0.331. The van der Waals surface area contributed by atoms with Gasteiger partial charge < -0.3 is 80.7 Å². The van der Waals surface area contributed by atoms with Crippen molar-refractivity contribution in [1.82, 2.24) is 0 Å². The Kier molecular flexibility index (Phi) is 6630. The van der Waals surface area contributed by atoms with Crippen molar-refractivity contribution < 1.29 is 80.7 Å². The number of carbonyl (C=O) groups excluding carboxylic acids is 1. The zero-order chi connectivity index (χ0) is 3.58. The van der Waals surface area contributed by atoms with Gasteiger partial charge in [-0.05, 0) is 6.16 Å². The second-order valence-electron chi connectivity index (χ2n) is 0.250. The van der Waals surface area contributed by atoms with E-state index in [-0.39, 0.29) is 193 Å². The van der Waals surface area contributed by atoms with E-state index in [0.717, 1.165) is 0 Å². The van der Waals surface area contributed by atoms with E-state index in [1.807, 2.05) is 0 Å². The van der Waals surface area contributed by atoms with Crippen LogP contribution in [0.2, 0.25) is 0 Å². The molecule has 0 aromatic carbocycles. The fraction of sp³-hybridized carbons (Fsp3) is 0. The normalized spacial score (nSPS) is 1.09. The largest absolute Gasteiger partial charge is 3.00 e. The molecule has 0 amide bonds. The molecule has 0 aromatic heterocycles. The van der Waals surface area contributed by atoms with Crippen molar-refractivity contribution in [2.24, 2.45) is 0 Å². The van der Waals surface area contributed by atoms with E-state index >= 15 is 0 Å². The molecule has 15 nitrogen and oxygen atoms in total. The van der Waals surface area contributed by atoms with Gasteiger partial charge in [-0.1, -0.05) is 0 Å². The van der Waals surface area contributed by atoms with Crippen molar-refractivity contribution in [3.8, 4) is 0 Å². The van der Waals surface area contributed by atoms with Crippen LogP contribution in [-0.4, -0.2) is 199 Å². The summed E-state index contributed by atoms with van der Waals surface area (Å²) in [6.45, 7) is 0. The van der Waals surface area contributed by atoms with Crippen LogP contribution >= 0.6 is 0 Å². The van der Waals surface area contributed by atoms with Crippen molar-refractivity contribution in [3.05, 3.63) is 0 Å². The number of carboxylic acid groups (broad SMARTS) is 2. The second-order valence-corrected chi connectivity index (χ2v) is 0.250. The summed E-state index contributed by atoms with van der Waals surface area (Å²) >= 11 is 0. The summed E-state index contributed by atoms with van der Waals surface area (Å²) in [6.07, 6.45) is -2.33. The molecule has 0 atom stereocenters. The SMILES string of the molecule is O=C([O-])[O-].[Al+3].[Al+3].[Mg+2].[Mg+2].[Mg+2].[Mg+2].[OH-].[OH-].[OH-].[OH-].[OH-].[OH-].[OH-].[OH-].[OH-].[OH-].[OH-].[OH-]. The van der Waals surface area contributed by atoms with E-state index in [2.05, 4.69) is 0 Å². The van der Waals surface area contributed by atoms with E-state index in [1.54, 1.807) is 0 Å². The van der Waals surface area contributed by atoms with Gasteiger partial charge in [0.25, 0.3) is 0 Å². The van der Waals surface area contributed by atoms with E-state index in [4.69, 9.17) is 15.0 Å². The zero-order valence-corrected chi connectivity index (χ0v) is 19.0. The Bertz CT molecular complexity index is 52.5. The van der Waals surface area contributed by atoms with Gasteiger partial charge in [-0.2, -0.15) is 0 Å². The third-order valence-electron chi connectivity index (χ3n) is 0. The van der Waals surface area contributed by atoms with Crippen molar-refractivity contribution in [2.45, 2.75) is 0 Å². The fourth-order valence-corrected chi connectivity index (χ4v) is 0. The molecule has 0 fully saturated rings. The van der Waals surface area contributed by atoms with Crippen LogP contribution in [-0.2, 0) is 0 Å². The van der Waals surface area contributed by atoms with Crippen LogP contribution in [0.15, 0.2) is 0 Å². The number of hydrogen-bond acceptors (Lipinski definition) is 15. The van der Waals surface area contributed by atoms with Gasteiger partial charge in [0.05, 0.1) is 0 Å².